The van der Waals surface area contributed by atoms with Crippen molar-refractivity contribution in [2.45, 2.75) is 32.6 Å². The summed E-state index contributed by atoms with van der Waals surface area (Å²) in [5, 5.41) is -0.0169. The van der Waals surface area contributed by atoms with Crippen molar-refractivity contribution in [1.82, 2.24) is 0 Å². The van der Waals surface area contributed by atoms with Crippen molar-refractivity contribution in [1.29, 1.82) is 0 Å². The number of benzene rings is 1. The molecule has 0 aliphatic rings. The summed E-state index contributed by atoms with van der Waals surface area (Å²) in [5.74, 6) is 0.697. The van der Waals surface area contributed by atoms with Gasteiger partial charge in [0.15, 0.2) is 0 Å². The molecule has 96 valence electrons. The van der Waals surface area contributed by atoms with Crippen molar-refractivity contribution in [3.8, 4) is 0 Å². The molecular weight excluding hydrogens is 260 g/mol. The van der Waals surface area contributed by atoms with Crippen LogP contribution < -0.4 is 0 Å². The van der Waals surface area contributed by atoms with Crippen LogP contribution in [0.1, 0.15) is 40.1 Å². The van der Waals surface area contributed by atoms with E-state index in [1.165, 1.54) is 20.9 Å². The number of rotatable bonds is 4. The zero-order valence-electron chi connectivity index (χ0n) is 11.1. The topological polar surface area (TPSA) is 0 Å². The molecule has 0 saturated carbocycles. The van der Waals surface area contributed by atoms with E-state index in [1.54, 1.807) is 11.3 Å². The summed E-state index contributed by atoms with van der Waals surface area (Å²) in [6, 6.07) is 13.0. The second kappa shape index (κ2) is 5.90. The highest BCUT2D eigenvalue weighted by atomic mass is 35.5. The van der Waals surface area contributed by atoms with Crippen molar-refractivity contribution in [3.63, 3.8) is 0 Å². The normalized spacial score (nSPS) is 12.9. The van der Waals surface area contributed by atoms with Gasteiger partial charge in [0.05, 0.1) is 5.38 Å². The van der Waals surface area contributed by atoms with Crippen LogP contribution in [0.2, 0.25) is 0 Å². The summed E-state index contributed by atoms with van der Waals surface area (Å²) in [6.45, 7) is 6.60. The van der Waals surface area contributed by atoms with Crippen LogP contribution in [0.3, 0.4) is 0 Å². The Balaban J connectivity index is 2.14. The van der Waals surface area contributed by atoms with Gasteiger partial charge in [0.1, 0.15) is 0 Å². The third-order valence-electron chi connectivity index (χ3n) is 2.93. The molecule has 0 aliphatic carbocycles. The number of thiophene rings is 1. The molecule has 1 aromatic heterocycles. The third-order valence-corrected chi connectivity index (χ3v) is 4.61. The standard InChI is InChI=1S/C16H19ClS/c1-11(2)10-13-5-7-14(8-6-13)16(17)15-9-4-12(3)18-15/h4-9,11,16H,10H2,1-3H3. The zero-order valence-corrected chi connectivity index (χ0v) is 12.7. The van der Waals surface area contributed by atoms with Gasteiger partial charge in [-0.25, -0.2) is 0 Å². The summed E-state index contributed by atoms with van der Waals surface area (Å²) < 4.78 is 0. The molecular formula is C16H19ClS. The summed E-state index contributed by atoms with van der Waals surface area (Å²) >= 11 is 8.29. The van der Waals surface area contributed by atoms with Crippen LogP contribution in [-0.4, -0.2) is 0 Å². The van der Waals surface area contributed by atoms with Crippen LogP contribution in [0.5, 0.6) is 0 Å². The van der Waals surface area contributed by atoms with Crippen LogP contribution in [-0.2, 0) is 6.42 Å². The molecule has 0 N–H and O–H groups in total. The van der Waals surface area contributed by atoms with Gasteiger partial charge in [-0.15, -0.1) is 22.9 Å². The molecule has 0 spiro atoms. The number of halogens is 1. The highest BCUT2D eigenvalue weighted by molar-refractivity contribution is 7.12. The van der Waals surface area contributed by atoms with E-state index in [2.05, 4.69) is 57.2 Å². The van der Waals surface area contributed by atoms with E-state index >= 15 is 0 Å². The first-order chi connectivity index (χ1) is 8.56. The fraction of sp³-hybridized carbons (Fsp3) is 0.375. The first-order valence-electron chi connectivity index (χ1n) is 6.35. The molecule has 0 saturated heterocycles. The van der Waals surface area contributed by atoms with E-state index in [1.807, 2.05) is 0 Å². The summed E-state index contributed by atoms with van der Waals surface area (Å²) in [4.78, 5) is 2.54. The maximum absolute atomic E-state index is 6.51. The quantitative estimate of drug-likeness (QED) is 0.640. The summed E-state index contributed by atoms with van der Waals surface area (Å²) in [6.07, 6.45) is 1.13. The molecule has 1 aromatic carbocycles. The Labute approximate surface area is 119 Å². The molecule has 2 aromatic rings. The lowest BCUT2D eigenvalue weighted by Gasteiger charge is -2.10. The van der Waals surface area contributed by atoms with E-state index < -0.39 is 0 Å². The lowest BCUT2D eigenvalue weighted by molar-refractivity contribution is 0.647. The highest BCUT2D eigenvalue weighted by Gasteiger charge is 2.12. The van der Waals surface area contributed by atoms with Crippen molar-refractivity contribution >= 4 is 22.9 Å². The Kier molecular flexibility index (Phi) is 4.47. The van der Waals surface area contributed by atoms with Crippen LogP contribution in [0.4, 0.5) is 0 Å². The minimum Gasteiger partial charge on any atom is -0.144 e. The maximum atomic E-state index is 6.51. The SMILES string of the molecule is Cc1ccc(C(Cl)c2ccc(CC(C)C)cc2)s1. The first kappa shape index (κ1) is 13.6. The molecule has 18 heavy (non-hydrogen) atoms. The predicted octanol–water partition coefficient (Wildman–Crippen LogP) is 5.58. The van der Waals surface area contributed by atoms with Crippen LogP contribution in [0.15, 0.2) is 36.4 Å². The molecule has 0 amide bonds. The van der Waals surface area contributed by atoms with Gasteiger partial charge < -0.3 is 0 Å². The second-order valence-electron chi connectivity index (χ2n) is 5.15. The first-order valence-corrected chi connectivity index (χ1v) is 7.61. The molecule has 2 rings (SSSR count). The maximum Gasteiger partial charge on any atom is 0.0927 e. The van der Waals surface area contributed by atoms with Gasteiger partial charge >= 0.3 is 0 Å². The van der Waals surface area contributed by atoms with Crippen molar-refractivity contribution in [2.75, 3.05) is 0 Å². The third kappa shape index (κ3) is 3.37. The monoisotopic (exact) mass is 278 g/mol. The van der Waals surface area contributed by atoms with Crippen molar-refractivity contribution in [2.24, 2.45) is 5.92 Å². The number of hydrogen-bond donors (Lipinski definition) is 0. The van der Waals surface area contributed by atoms with Crippen LogP contribution in [0, 0.1) is 12.8 Å². The fourth-order valence-electron chi connectivity index (χ4n) is 2.05. The van der Waals surface area contributed by atoms with Gasteiger partial charge in [-0.1, -0.05) is 38.1 Å². The largest absolute Gasteiger partial charge is 0.144 e. The molecule has 1 unspecified atom stereocenters. The Hall–Kier alpha value is -0.790. The zero-order chi connectivity index (χ0) is 13.1. The lowest BCUT2D eigenvalue weighted by atomic mass is 10.0. The van der Waals surface area contributed by atoms with Crippen molar-refractivity contribution < 1.29 is 0 Å². The van der Waals surface area contributed by atoms with E-state index in [-0.39, 0.29) is 5.38 Å². The Bertz CT molecular complexity index is 496. The molecule has 0 radical (unpaired) electrons. The van der Waals surface area contributed by atoms with E-state index in [9.17, 15) is 0 Å². The summed E-state index contributed by atoms with van der Waals surface area (Å²) in [5.41, 5.74) is 2.57. The Morgan fingerprint density at radius 2 is 1.72 bits per heavy atom. The van der Waals surface area contributed by atoms with Gasteiger partial charge in [-0.2, -0.15) is 0 Å². The molecule has 0 aliphatic heterocycles. The van der Waals surface area contributed by atoms with E-state index in [0.717, 1.165) is 6.42 Å². The fourth-order valence-corrected chi connectivity index (χ4v) is 3.28. The molecule has 1 heterocycles. The van der Waals surface area contributed by atoms with E-state index in [4.69, 9.17) is 11.6 Å². The average Bonchev–Trinajstić information content (AvgIpc) is 2.75. The molecule has 1 atom stereocenters. The Morgan fingerprint density at radius 3 is 2.22 bits per heavy atom. The van der Waals surface area contributed by atoms with Gasteiger partial charge in [-0.3, -0.25) is 0 Å². The summed E-state index contributed by atoms with van der Waals surface area (Å²) in [7, 11) is 0. The predicted molar refractivity (Wildman–Crippen MR) is 81.7 cm³/mol. The van der Waals surface area contributed by atoms with Gasteiger partial charge in [-0.05, 0) is 42.5 Å². The lowest BCUT2D eigenvalue weighted by Crippen LogP contribution is -1.95. The van der Waals surface area contributed by atoms with Gasteiger partial charge in [0.2, 0.25) is 0 Å². The van der Waals surface area contributed by atoms with Crippen molar-refractivity contribution in [3.05, 3.63) is 57.3 Å². The number of hydrogen-bond acceptors (Lipinski definition) is 1. The smallest absolute Gasteiger partial charge is 0.0927 e. The minimum absolute atomic E-state index is 0.0169. The average molecular weight is 279 g/mol. The van der Waals surface area contributed by atoms with E-state index in [0.29, 0.717) is 5.92 Å². The second-order valence-corrected chi connectivity index (χ2v) is 6.91. The molecule has 2 heteroatoms. The number of aryl methyl sites for hydroxylation is 1. The van der Waals surface area contributed by atoms with Crippen LogP contribution >= 0.6 is 22.9 Å². The minimum atomic E-state index is -0.0169. The van der Waals surface area contributed by atoms with Gasteiger partial charge in [0.25, 0.3) is 0 Å². The highest BCUT2D eigenvalue weighted by Crippen LogP contribution is 2.33. The number of alkyl halides is 1. The molecule has 0 fully saturated rings. The van der Waals surface area contributed by atoms with Gasteiger partial charge in [0, 0.05) is 9.75 Å². The molecule has 0 bridgehead atoms. The Morgan fingerprint density at radius 1 is 1.06 bits per heavy atom. The molecule has 0 nitrogen and oxygen atoms in total. The van der Waals surface area contributed by atoms with Crippen LogP contribution in [0.25, 0.3) is 0 Å².